The molecule has 0 aliphatic heterocycles. The van der Waals surface area contributed by atoms with E-state index in [1.165, 1.54) is 5.56 Å². The number of aryl methyl sites for hydroxylation is 1. The van der Waals surface area contributed by atoms with Gasteiger partial charge in [-0.05, 0) is 61.7 Å². The van der Waals surface area contributed by atoms with Crippen LogP contribution in [0.5, 0.6) is 0 Å². The van der Waals surface area contributed by atoms with Gasteiger partial charge in [-0.25, -0.2) is 0 Å². The molecule has 3 heteroatoms. The average molecular weight is 270 g/mol. The van der Waals surface area contributed by atoms with Gasteiger partial charge in [0.2, 0.25) is 0 Å². The minimum atomic E-state index is -0.0248. The first kappa shape index (κ1) is 13.6. The van der Waals surface area contributed by atoms with Crippen LogP contribution >= 0.6 is 8.46 Å². The second-order valence-corrected chi connectivity index (χ2v) is 5.35. The van der Waals surface area contributed by atoms with Crippen molar-refractivity contribution in [1.29, 1.82) is 0 Å². The van der Waals surface area contributed by atoms with Crippen molar-refractivity contribution in [3.05, 3.63) is 64.2 Å². The number of carbonyl (C=O) groups excluding carboxylic acids is 1. The second kappa shape index (κ2) is 5.46. The maximum Gasteiger partial charge on any atom is 0.193 e. The van der Waals surface area contributed by atoms with Gasteiger partial charge in [0.1, 0.15) is 0 Å². The Morgan fingerprint density at radius 1 is 0.895 bits per heavy atom. The third-order valence-electron chi connectivity index (χ3n) is 3.54. The van der Waals surface area contributed by atoms with Crippen molar-refractivity contribution in [3.8, 4) is 0 Å². The van der Waals surface area contributed by atoms with Gasteiger partial charge in [-0.1, -0.05) is 12.1 Å². The summed E-state index contributed by atoms with van der Waals surface area (Å²) in [4.78, 5) is 12.4. The number of rotatable bonds is 3. The molecule has 0 amide bonds. The predicted molar refractivity (Wildman–Crippen MR) is 77.8 cm³/mol. The summed E-state index contributed by atoms with van der Waals surface area (Å²) in [5.41, 5.74) is 4.72. The maximum atomic E-state index is 12.4. The summed E-state index contributed by atoms with van der Waals surface area (Å²) in [5.74, 6) is 0.00900. The van der Waals surface area contributed by atoms with Crippen molar-refractivity contribution in [2.75, 3.05) is 0 Å². The van der Waals surface area contributed by atoms with Crippen molar-refractivity contribution < 1.29 is 9.36 Å². The zero-order valence-corrected chi connectivity index (χ0v) is 12.1. The first-order valence-electron chi connectivity index (χ1n) is 6.09. The lowest BCUT2D eigenvalue weighted by molar-refractivity contribution is 0.103. The van der Waals surface area contributed by atoms with E-state index in [1.54, 1.807) is 24.3 Å². The van der Waals surface area contributed by atoms with Crippen LogP contribution in [0.2, 0.25) is 0 Å². The molecule has 0 N–H and O–H groups in total. The van der Waals surface area contributed by atoms with E-state index >= 15 is 0 Å². The lowest BCUT2D eigenvalue weighted by Crippen LogP contribution is -2.06. The molecule has 2 aromatic carbocycles. The van der Waals surface area contributed by atoms with Crippen LogP contribution in [0.3, 0.4) is 0 Å². The van der Waals surface area contributed by atoms with E-state index in [4.69, 9.17) is 0 Å². The van der Waals surface area contributed by atoms with Crippen LogP contribution in [0.25, 0.3) is 0 Å². The van der Waals surface area contributed by atoms with E-state index in [0.29, 0.717) is 10.9 Å². The number of hydrogen-bond acceptors (Lipinski definition) is 2. The van der Waals surface area contributed by atoms with Crippen LogP contribution < -0.4 is 5.30 Å². The Morgan fingerprint density at radius 3 is 2.11 bits per heavy atom. The Kier molecular flexibility index (Phi) is 3.92. The van der Waals surface area contributed by atoms with Crippen LogP contribution in [0.15, 0.2) is 36.4 Å². The van der Waals surface area contributed by atoms with Gasteiger partial charge in [-0.15, -0.1) is 0 Å². The largest absolute Gasteiger partial charge is 0.289 e. The quantitative estimate of drug-likeness (QED) is 0.628. The zero-order chi connectivity index (χ0) is 14.0. The Bertz CT molecular complexity index is 643. The van der Waals surface area contributed by atoms with Crippen molar-refractivity contribution in [3.63, 3.8) is 0 Å². The number of hydrogen-bond donors (Lipinski definition) is 0. The van der Waals surface area contributed by atoms with Crippen LogP contribution in [-0.4, -0.2) is 5.78 Å². The molecular weight excluding hydrogens is 255 g/mol. The van der Waals surface area contributed by atoms with Gasteiger partial charge < -0.3 is 0 Å². The van der Waals surface area contributed by atoms with Crippen LogP contribution in [-0.2, 0) is 4.57 Å². The van der Waals surface area contributed by atoms with Gasteiger partial charge in [-0.2, -0.15) is 0 Å². The van der Waals surface area contributed by atoms with Gasteiger partial charge in [0, 0.05) is 16.4 Å². The summed E-state index contributed by atoms with van der Waals surface area (Å²) in [7, 11) is -0.0248. The lowest BCUT2D eigenvalue weighted by Gasteiger charge is -2.10. The zero-order valence-electron chi connectivity index (χ0n) is 11.2. The summed E-state index contributed by atoms with van der Waals surface area (Å²) < 4.78 is 10.7. The first-order valence-corrected chi connectivity index (χ1v) is 6.90. The van der Waals surface area contributed by atoms with Crippen molar-refractivity contribution >= 4 is 19.5 Å². The maximum absolute atomic E-state index is 12.4. The average Bonchev–Trinajstić information content (AvgIpc) is 2.44. The third kappa shape index (κ3) is 2.64. The smallest absolute Gasteiger partial charge is 0.193 e. The fourth-order valence-corrected chi connectivity index (χ4v) is 2.30. The van der Waals surface area contributed by atoms with E-state index < -0.39 is 0 Å². The molecule has 0 spiro atoms. The molecule has 0 aliphatic carbocycles. The van der Waals surface area contributed by atoms with Gasteiger partial charge in [0.15, 0.2) is 14.2 Å². The van der Waals surface area contributed by atoms with Gasteiger partial charge in [0.25, 0.3) is 0 Å². The SMILES string of the molecule is Cc1ccc(C(=O)c2ccc(P=O)cc2)c(C)c1C. The summed E-state index contributed by atoms with van der Waals surface area (Å²) in [5, 5.41) is 0.674. The summed E-state index contributed by atoms with van der Waals surface area (Å²) >= 11 is 0. The molecule has 0 fully saturated rings. The second-order valence-electron chi connectivity index (χ2n) is 4.65. The molecule has 96 valence electrons. The molecule has 2 aromatic rings. The van der Waals surface area contributed by atoms with E-state index in [1.807, 2.05) is 32.9 Å². The molecular formula is C16H15O2P. The van der Waals surface area contributed by atoms with Crippen LogP contribution in [0, 0.1) is 20.8 Å². The molecule has 0 heterocycles. The lowest BCUT2D eigenvalue weighted by atomic mass is 9.93. The molecule has 0 aromatic heterocycles. The van der Waals surface area contributed by atoms with E-state index in [2.05, 4.69) is 0 Å². The highest BCUT2D eigenvalue weighted by molar-refractivity contribution is 7.34. The van der Waals surface area contributed by atoms with E-state index in [-0.39, 0.29) is 14.2 Å². The van der Waals surface area contributed by atoms with Crippen LogP contribution in [0.4, 0.5) is 0 Å². The van der Waals surface area contributed by atoms with E-state index in [9.17, 15) is 9.36 Å². The topological polar surface area (TPSA) is 34.1 Å². The molecule has 2 nitrogen and oxygen atoms in total. The van der Waals surface area contributed by atoms with Gasteiger partial charge >= 0.3 is 0 Å². The standard InChI is InChI=1S/C16H15O2P/c1-10-4-9-15(12(3)11(10)2)16(17)13-5-7-14(19-18)8-6-13/h4-9H,1-3H3. The van der Waals surface area contributed by atoms with Gasteiger partial charge in [-0.3, -0.25) is 9.36 Å². The predicted octanol–water partition coefficient (Wildman–Crippen LogP) is 3.76. The summed E-state index contributed by atoms with van der Waals surface area (Å²) in [6, 6.07) is 10.7. The highest BCUT2D eigenvalue weighted by Gasteiger charge is 2.13. The molecule has 0 bridgehead atoms. The Labute approximate surface area is 114 Å². The van der Waals surface area contributed by atoms with E-state index in [0.717, 1.165) is 16.7 Å². The summed E-state index contributed by atoms with van der Waals surface area (Å²) in [6.45, 7) is 6.04. The molecule has 0 atom stereocenters. The van der Waals surface area contributed by atoms with Crippen molar-refractivity contribution in [2.45, 2.75) is 20.8 Å². The Morgan fingerprint density at radius 2 is 1.53 bits per heavy atom. The third-order valence-corrected chi connectivity index (χ3v) is 4.05. The van der Waals surface area contributed by atoms with Gasteiger partial charge in [0.05, 0.1) is 0 Å². The molecule has 0 radical (unpaired) electrons. The molecule has 0 unspecified atom stereocenters. The number of ketones is 1. The van der Waals surface area contributed by atoms with Crippen molar-refractivity contribution in [1.82, 2.24) is 0 Å². The number of carbonyl (C=O) groups is 1. The molecule has 0 saturated carbocycles. The first-order chi connectivity index (χ1) is 9.04. The fourth-order valence-electron chi connectivity index (χ4n) is 2.03. The Balaban J connectivity index is 2.44. The number of benzene rings is 2. The molecule has 2 rings (SSSR count). The minimum Gasteiger partial charge on any atom is -0.289 e. The monoisotopic (exact) mass is 270 g/mol. The fraction of sp³-hybridized carbons (Fsp3) is 0.188. The highest BCUT2D eigenvalue weighted by atomic mass is 31.1. The normalized spacial score (nSPS) is 10.7. The molecule has 0 aliphatic rings. The van der Waals surface area contributed by atoms with Crippen molar-refractivity contribution in [2.24, 2.45) is 0 Å². The minimum absolute atomic E-state index is 0.00900. The summed E-state index contributed by atoms with van der Waals surface area (Å²) in [6.07, 6.45) is 0. The Hall–Kier alpha value is -1.79. The molecule has 19 heavy (non-hydrogen) atoms. The molecule has 0 saturated heterocycles. The highest BCUT2D eigenvalue weighted by Crippen LogP contribution is 2.20. The van der Waals surface area contributed by atoms with Crippen LogP contribution in [0.1, 0.15) is 32.6 Å².